The number of hydrogen-bond acceptors (Lipinski definition) is 8. The summed E-state index contributed by atoms with van der Waals surface area (Å²) in [5.41, 5.74) is 2.92. The molecule has 9 heteroatoms. The largest absolute Gasteiger partial charge is 0.493 e. The van der Waals surface area contributed by atoms with E-state index in [2.05, 4.69) is 25.5 Å². The number of hydrogen-bond donors (Lipinski definition) is 2. The lowest BCUT2D eigenvalue weighted by Crippen LogP contribution is -2.37. The number of ether oxygens (including phenoxy) is 2. The Labute approximate surface area is 196 Å². The summed E-state index contributed by atoms with van der Waals surface area (Å²) in [7, 11) is 1.57. The van der Waals surface area contributed by atoms with E-state index in [0.717, 1.165) is 29.9 Å². The third-order valence-electron chi connectivity index (χ3n) is 5.50. The van der Waals surface area contributed by atoms with Gasteiger partial charge in [-0.05, 0) is 43.3 Å². The molecule has 1 amide bonds. The molecule has 1 saturated heterocycles. The number of para-hydroxylation sites is 1. The number of aryl methyl sites for hydroxylation is 1. The number of rotatable bonds is 6. The van der Waals surface area contributed by atoms with Crippen LogP contribution in [0.5, 0.6) is 5.75 Å². The zero-order chi connectivity index (χ0) is 23.5. The molecule has 2 aromatic heterocycles. The Morgan fingerprint density at radius 3 is 2.56 bits per heavy atom. The summed E-state index contributed by atoms with van der Waals surface area (Å²) >= 11 is 0. The van der Waals surface area contributed by atoms with E-state index in [1.165, 1.54) is 0 Å². The van der Waals surface area contributed by atoms with Crippen LogP contribution in [0.4, 0.5) is 23.1 Å². The minimum absolute atomic E-state index is 0.216. The van der Waals surface area contributed by atoms with Gasteiger partial charge in [-0.2, -0.15) is 4.98 Å². The van der Waals surface area contributed by atoms with Gasteiger partial charge in [-0.3, -0.25) is 4.79 Å². The molecular weight excluding hydrogens is 434 g/mol. The minimum Gasteiger partial charge on any atom is -0.493 e. The number of amides is 1. The van der Waals surface area contributed by atoms with Crippen molar-refractivity contribution in [2.24, 2.45) is 0 Å². The quantitative estimate of drug-likeness (QED) is 0.438. The van der Waals surface area contributed by atoms with Gasteiger partial charge in [-0.15, -0.1) is 0 Å². The Kier molecular flexibility index (Phi) is 6.01. The molecule has 174 valence electrons. The highest BCUT2D eigenvalue weighted by Crippen LogP contribution is 2.29. The lowest BCUT2D eigenvalue weighted by atomic mass is 10.2. The van der Waals surface area contributed by atoms with Crippen molar-refractivity contribution in [1.29, 1.82) is 0 Å². The number of fused-ring (bicyclic) bond motifs is 1. The lowest BCUT2D eigenvalue weighted by molar-refractivity contribution is 0.0998. The van der Waals surface area contributed by atoms with E-state index in [-0.39, 0.29) is 11.7 Å². The molecule has 2 N–H and O–H groups in total. The Balaban J connectivity index is 1.27. The first kappa shape index (κ1) is 21.7. The molecule has 1 aliphatic rings. The second-order valence-electron chi connectivity index (χ2n) is 7.94. The van der Waals surface area contributed by atoms with Gasteiger partial charge >= 0.3 is 0 Å². The average molecular weight is 460 g/mol. The minimum atomic E-state index is -0.333. The van der Waals surface area contributed by atoms with Gasteiger partial charge < -0.3 is 29.4 Å². The number of anilines is 4. The zero-order valence-corrected chi connectivity index (χ0v) is 19.0. The molecule has 5 rings (SSSR count). The summed E-state index contributed by atoms with van der Waals surface area (Å²) in [4.78, 5) is 24.0. The third kappa shape index (κ3) is 4.65. The number of nitrogens with zero attached hydrogens (tertiary/aromatic N) is 3. The SMILES string of the molecule is COc1cccc2cc(C(=O)Nc3ccc(Nc4cc(C)nc(N5CCOCC5)n4)cc3)oc12. The van der Waals surface area contributed by atoms with Crippen LogP contribution in [-0.4, -0.2) is 49.3 Å². The zero-order valence-electron chi connectivity index (χ0n) is 19.0. The monoisotopic (exact) mass is 459 g/mol. The van der Waals surface area contributed by atoms with Crippen molar-refractivity contribution < 1.29 is 18.7 Å². The first-order valence-corrected chi connectivity index (χ1v) is 11.0. The summed E-state index contributed by atoms with van der Waals surface area (Å²) in [5.74, 6) is 1.87. The van der Waals surface area contributed by atoms with E-state index in [4.69, 9.17) is 13.9 Å². The van der Waals surface area contributed by atoms with E-state index >= 15 is 0 Å². The molecule has 0 radical (unpaired) electrons. The molecule has 34 heavy (non-hydrogen) atoms. The Hall–Kier alpha value is -4.11. The van der Waals surface area contributed by atoms with Gasteiger partial charge in [-0.25, -0.2) is 4.98 Å². The van der Waals surface area contributed by atoms with Crippen LogP contribution >= 0.6 is 0 Å². The predicted molar refractivity (Wildman–Crippen MR) is 130 cm³/mol. The van der Waals surface area contributed by atoms with Gasteiger partial charge in [0.05, 0.1) is 20.3 Å². The number of nitrogens with one attached hydrogen (secondary N) is 2. The van der Waals surface area contributed by atoms with Gasteiger partial charge in [0.1, 0.15) is 5.82 Å². The standard InChI is InChI=1S/C25H25N5O4/c1-16-14-22(29-25(26-16)30-10-12-33-13-11-30)27-18-6-8-19(9-7-18)28-24(31)21-15-17-4-3-5-20(32-2)23(17)34-21/h3-9,14-15H,10-13H2,1-2H3,(H,28,31)(H,26,27,29). The fraction of sp³-hybridized carbons (Fsp3) is 0.240. The number of furan rings is 1. The lowest BCUT2D eigenvalue weighted by Gasteiger charge is -2.27. The topological polar surface area (TPSA) is 102 Å². The highest BCUT2D eigenvalue weighted by atomic mass is 16.5. The first-order valence-electron chi connectivity index (χ1n) is 11.0. The van der Waals surface area contributed by atoms with Gasteiger partial charge in [0.25, 0.3) is 5.91 Å². The van der Waals surface area contributed by atoms with Crippen LogP contribution in [-0.2, 0) is 4.74 Å². The Morgan fingerprint density at radius 1 is 1.03 bits per heavy atom. The highest BCUT2D eigenvalue weighted by Gasteiger charge is 2.16. The molecule has 0 unspecified atom stereocenters. The first-order chi connectivity index (χ1) is 16.6. The fourth-order valence-electron chi connectivity index (χ4n) is 3.81. The number of benzene rings is 2. The predicted octanol–water partition coefficient (Wildman–Crippen LogP) is 4.37. The Morgan fingerprint density at radius 2 is 1.79 bits per heavy atom. The van der Waals surface area contributed by atoms with Crippen molar-refractivity contribution in [2.45, 2.75) is 6.92 Å². The summed E-state index contributed by atoms with van der Waals surface area (Å²) in [6.45, 7) is 4.84. The van der Waals surface area contributed by atoms with Crippen LogP contribution in [0.1, 0.15) is 16.2 Å². The van der Waals surface area contributed by atoms with Crippen molar-refractivity contribution in [1.82, 2.24) is 9.97 Å². The number of aromatic nitrogens is 2. The van der Waals surface area contributed by atoms with Gasteiger partial charge in [-0.1, -0.05) is 12.1 Å². The third-order valence-corrected chi connectivity index (χ3v) is 5.50. The van der Waals surface area contributed by atoms with Crippen molar-refractivity contribution in [2.75, 3.05) is 48.9 Å². The van der Waals surface area contributed by atoms with Crippen LogP contribution in [0, 0.1) is 6.92 Å². The molecule has 0 bridgehead atoms. The molecule has 2 aromatic carbocycles. The summed E-state index contributed by atoms with van der Waals surface area (Å²) in [6.07, 6.45) is 0. The normalized spacial score (nSPS) is 13.6. The van der Waals surface area contributed by atoms with E-state index < -0.39 is 0 Å². The van der Waals surface area contributed by atoms with E-state index in [1.54, 1.807) is 19.2 Å². The van der Waals surface area contributed by atoms with Crippen LogP contribution in [0.25, 0.3) is 11.0 Å². The van der Waals surface area contributed by atoms with Gasteiger partial charge in [0, 0.05) is 41.6 Å². The number of carbonyl (C=O) groups excluding carboxylic acids is 1. The van der Waals surface area contributed by atoms with Gasteiger partial charge in [0.15, 0.2) is 17.1 Å². The van der Waals surface area contributed by atoms with Crippen molar-refractivity contribution in [3.05, 3.63) is 66.1 Å². The molecule has 9 nitrogen and oxygen atoms in total. The van der Waals surface area contributed by atoms with E-state index in [0.29, 0.717) is 42.0 Å². The number of methoxy groups -OCH3 is 1. The van der Waals surface area contributed by atoms with E-state index in [1.807, 2.05) is 49.4 Å². The molecule has 0 aliphatic carbocycles. The maximum Gasteiger partial charge on any atom is 0.291 e. The van der Waals surface area contributed by atoms with Crippen molar-refractivity contribution in [3.63, 3.8) is 0 Å². The average Bonchev–Trinajstić information content (AvgIpc) is 3.30. The molecule has 4 aromatic rings. The van der Waals surface area contributed by atoms with Crippen LogP contribution in [0.3, 0.4) is 0 Å². The van der Waals surface area contributed by atoms with Crippen LogP contribution in [0.15, 0.2) is 59.0 Å². The van der Waals surface area contributed by atoms with E-state index in [9.17, 15) is 4.79 Å². The van der Waals surface area contributed by atoms with Crippen molar-refractivity contribution >= 4 is 40.0 Å². The highest BCUT2D eigenvalue weighted by molar-refractivity contribution is 6.05. The van der Waals surface area contributed by atoms with Crippen LogP contribution < -0.4 is 20.3 Å². The molecule has 0 spiro atoms. The molecule has 1 fully saturated rings. The maximum absolute atomic E-state index is 12.7. The number of morpholine rings is 1. The smallest absolute Gasteiger partial charge is 0.291 e. The maximum atomic E-state index is 12.7. The molecule has 3 heterocycles. The molecule has 0 atom stereocenters. The second kappa shape index (κ2) is 9.40. The Bertz CT molecular complexity index is 1310. The second-order valence-corrected chi connectivity index (χ2v) is 7.94. The van der Waals surface area contributed by atoms with Gasteiger partial charge in [0.2, 0.25) is 5.95 Å². The fourth-order valence-corrected chi connectivity index (χ4v) is 3.81. The molecular formula is C25H25N5O4. The summed E-state index contributed by atoms with van der Waals surface area (Å²) in [5, 5.41) is 6.98. The summed E-state index contributed by atoms with van der Waals surface area (Å²) < 4.78 is 16.4. The number of carbonyl (C=O) groups is 1. The molecule has 0 saturated carbocycles. The molecule has 1 aliphatic heterocycles. The van der Waals surface area contributed by atoms with Crippen molar-refractivity contribution in [3.8, 4) is 5.75 Å². The summed E-state index contributed by atoms with van der Waals surface area (Å²) in [6, 6.07) is 16.5. The van der Waals surface area contributed by atoms with Crippen LogP contribution in [0.2, 0.25) is 0 Å².